The van der Waals surface area contributed by atoms with Gasteiger partial charge in [0.2, 0.25) is 0 Å². The molecule has 2 atom stereocenters. The summed E-state index contributed by atoms with van der Waals surface area (Å²) in [4.78, 5) is 14.9. The van der Waals surface area contributed by atoms with E-state index in [1.54, 1.807) is 12.1 Å². The zero-order valence-electron chi connectivity index (χ0n) is 11.8. The Bertz CT molecular complexity index is 677. The Kier molecular flexibility index (Phi) is 3.96. The molecule has 0 aliphatic heterocycles. The average molecular weight is 303 g/mol. The van der Waals surface area contributed by atoms with Crippen LogP contribution < -0.4 is 5.32 Å². The van der Waals surface area contributed by atoms with E-state index in [0.29, 0.717) is 6.04 Å². The third-order valence-electron chi connectivity index (χ3n) is 3.95. The van der Waals surface area contributed by atoms with Crippen LogP contribution in [-0.4, -0.2) is 27.5 Å². The number of nitro groups is 1. The van der Waals surface area contributed by atoms with Crippen molar-refractivity contribution in [1.82, 2.24) is 4.98 Å². The van der Waals surface area contributed by atoms with Gasteiger partial charge in [-0.3, -0.25) is 10.1 Å². The number of benzene rings is 1. The van der Waals surface area contributed by atoms with Gasteiger partial charge in [-0.2, -0.15) is 11.8 Å². The number of nitro benzene ring substituents is 1. The lowest BCUT2D eigenvalue weighted by Gasteiger charge is -2.13. The van der Waals surface area contributed by atoms with E-state index in [-0.39, 0.29) is 10.6 Å². The van der Waals surface area contributed by atoms with E-state index in [1.165, 1.54) is 25.3 Å². The van der Waals surface area contributed by atoms with Gasteiger partial charge >= 0.3 is 0 Å². The van der Waals surface area contributed by atoms with Gasteiger partial charge in [0.25, 0.3) is 5.69 Å². The average Bonchev–Trinajstić information content (AvgIpc) is 2.94. The molecule has 1 aliphatic rings. The molecule has 6 heteroatoms. The van der Waals surface area contributed by atoms with Crippen molar-refractivity contribution in [2.24, 2.45) is 0 Å². The molecule has 1 aliphatic carbocycles. The molecule has 0 amide bonds. The molecule has 0 bridgehead atoms. The maximum atomic E-state index is 10.8. The Balaban J connectivity index is 1.78. The highest BCUT2D eigenvalue weighted by Crippen LogP contribution is 2.30. The number of thioether (sulfide) groups is 1. The first-order valence-corrected chi connectivity index (χ1v) is 8.29. The van der Waals surface area contributed by atoms with Crippen molar-refractivity contribution in [3.05, 3.63) is 40.4 Å². The quantitative estimate of drug-likeness (QED) is 0.686. The number of non-ortho nitro benzene ring substituents is 1. The van der Waals surface area contributed by atoms with Crippen molar-refractivity contribution in [2.45, 2.75) is 30.6 Å². The number of anilines is 1. The molecule has 0 saturated heterocycles. The number of nitrogens with one attached hydrogen (secondary N) is 1. The van der Waals surface area contributed by atoms with Crippen molar-refractivity contribution in [1.29, 1.82) is 0 Å². The second-order valence-corrected chi connectivity index (χ2v) is 6.48. The van der Waals surface area contributed by atoms with E-state index in [9.17, 15) is 10.1 Å². The van der Waals surface area contributed by atoms with Gasteiger partial charge in [0.05, 0.1) is 10.4 Å². The first-order chi connectivity index (χ1) is 10.2. The summed E-state index contributed by atoms with van der Waals surface area (Å²) in [6, 6.07) is 9.03. The highest BCUT2D eigenvalue weighted by Gasteiger charge is 2.23. The molecule has 1 heterocycles. The minimum absolute atomic E-state index is 0.101. The number of rotatable bonds is 4. The second-order valence-electron chi connectivity index (χ2n) is 5.34. The van der Waals surface area contributed by atoms with Crippen LogP contribution in [0.1, 0.15) is 19.3 Å². The first kappa shape index (κ1) is 14.1. The minimum atomic E-state index is -0.382. The largest absolute Gasteiger partial charge is 0.367 e. The van der Waals surface area contributed by atoms with E-state index in [0.717, 1.165) is 22.0 Å². The Morgan fingerprint density at radius 3 is 2.90 bits per heavy atom. The number of fused-ring (bicyclic) bond motifs is 1. The molecule has 110 valence electrons. The molecule has 1 fully saturated rings. The van der Waals surface area contributed by atoms with Crippen molar-refractivity contribution in [3.63, 3.8) is 0 Å². The molecule has 2 aromatic rings. The van der Waals surface area contributed by atoms with Crippen molar-refractivity contribution < 1.29 is 4.92 Å². The fourth-order valence-electron chi connectivity index (χ4n) is 2.80. The second kappa shape index (κ2) is 5.89. The maximum Gasteiger partial charge on any atom is 0.270 e. The zero-order chi connectivity index (χ0) is 14.8. The predicted octanol–water partition coefficient (Wildman–Crippen LogP) is 3.84. The minimum Gasteiger partial charge on any atom is -0.367 e. The van der Waals surface area contributed by atoms with Crippen LogP contribution in [0, 0.1) is 10.1 Å². The topological polar surface area (TPSA) is 68.1 Å². The Morgan fingerprint density at radius 1 is 1.33 bits per heavy atom. The number of hydrogen-bond acceptors (Lipinski definition) is 5. The summed E-state index contributed by atoms with van der Waals surface area (Å²) in [5, 5.41) is 15.8. The van der Waals surface area contributed by atoms with Crippen LogP contribution in [-0.2, 0) is 0 Å². The summed E-state index contributed by atoms with van der Waals surface area (Å²) >= 11 is 1.93. The van der Waals surface area contributed by atoms with Crippen molar-refractivity contribution in [2.75, 3.05) is 11.6 Å². The smallest absolute Gasteiger partial charge is 0.270 e. The van der Waals surface area contributed by atoms with Gasteiger partial charge < -0.3 is 5.32 Å². The predicted molar refractivity (Wildman–Crippen MR) is 87.0 cm³/mol. The molecule has 1 saturated carbocycles. The van der Waals surface area contributed by atoms with Crippen LogP contribution in [0.2, 0.25) is 0 Å². The van der Waals surface area contributed by atoms with Crippen LogP contribution in [0.3, 0.4) is 0 Å². The third kappa shape index (κ3) is 3.10. The van der Waals surface area contributed by atoms with Crippen LogP contribution in [0.4, 0.5) is 11.5 Å². The van der Waals surface area contributed by atoms with E-state index in [2.05, 4.69) is 16.6 Å². The number of pyridine rings is 1. The monoisotopic (exact) mass is 303 g/mol. The lowest BCUT2D eigenvalue weighted by atomic mass is 10.2. The van der Waals surface area contributed by atoms with Crippen LogP contribution >= 0.6 is 11.8 Å². The van der Waals surface area contributed by atoms with Crippen LogP contribution in [0.25, 0.3) is 10.9 Å². The molecule has 21 heavy (non-hydrogen) atoms. The Hall–Kier alpha value is -1.82. The first-order valence-electron chi connectivity index (χ1n) is 7.00. The van der Waals surface area contributed by atoms with Gasteiger partial charge in [-0.15, -0.1) is 0 Å². The molecule has 0 spiro atoms. The summed E-state index contributed by atoms with van der Waals surface area (Å²) in [6.07, 6.45) is 5.75. The molecular weight excluding hydrogens is 286 g/mol. The van der Waals surface area contributed by atoms with Crippen LogP contribution in [0.5, 0.6) is 0 Å². The standard InChI is InChI=1S/C15H17N3O2S/c1-21-13-5-3-11(9-13)16-15-7-2-10-8-12(18(19)20)4-6-14(10)17-15/h2,4,6-8,11,13H,3,5,9H2,1H3,(H,16,17). The van der Waals surface area contributed by atoms with Gasteiger partial charge in [-0.25, -0.2) is 4.98 Å². The number of nitrogens with zero attached hydrogens (tertiary/aromatic N) is 2. The third-order valence-corrected chi connectivity index (χ3v) is 5.05. The van der Waals surface area contributed by atoms with Gasteiger partial charge in [0.1, 0.15) is 5.82 Å². The highest BCUT2D eigenvalue weighted by atomic mass is 32.2. The zero-order valence-corrected chi connectivity index (χ0v) is 12.6. The van der Waals surface area contributed by atoms with E-state index < -0.39 is 0 Å². The molecule has 1 aromatic carbocycles. The van der Waals surface area contributed by atoms with Crippen molar-refractivity contribution in [3.8, 4) is 0 Å². The number of hydrogen-bond donors (Lipinski definition) is 1. The molecule has 3 rings (SSSR count). The Morgan fingerprint density at radius 2 is 2.19 bits per heavy atom. The number of aromatic nitrogens is 1. The molecule has 5 nitrogen and oxygen atoms in total. The van der Waals surface area contributed by atoms with E-state index in [1.807, 2.05) is 23.9 Å². The van der Waals surface area contributed by atoms with Crippen LogP contribution in [0.15, 0.2) is 30.3 Å². The lowest BCUT2D eigenvalue weighted by Crippen LogP contribution is -2.16. The summed E-state index contributed by atoms with van der Waals surface area (Å²) in [5.74, 6) is 0.850. The van der Waals surface area contributed by atoms with E-state index in [4.69, 9.17) is 0 Å². The summed E-state index contributed by atoms with van der Waals surface area (Å²) in [7, 11) is 0. The molecule has 1 aromatic heterocycles. The van der Waals surface area contributed by atoms with E-state index >= 15 is 0 Å². The molecule has 2 unspecified atom stereocenters. The molecule has 1 N–H and O–H groups in total. The fourth-order valence-corrected chi connectivity index (χ4v) is 3.60. The Labute approximate surface area is 127 Å². The highest BCUT2D eigenvalue weighted by molar-refractivity contribution is 7.99. The fraction of sp³-hybridized carbons (Fsp3) is 0.400. The summed E-state index contributed by atoms with van der Waals surface area (Å²) < 4.78 is 0. The molecular formula is C15H17N3O2S. The normalized spacial score (nSPS) is 21.6. The van der Waals surface area contributed by atoms with Gasteiger partial charge in [0, 0.05) is 28.8 Å². The van der Waals surface area contributed by atoms with Gasteiger partial charge in [-0.1, -0.05) is 0 Å². The maximum absolute atomic E-state index is 10.8. The molecule has 0 radical (unpaired) electrons. The summed E-state index contributed by atoms with van der Waals surface area (Å²) in [6.45, 7) is 0. The van der Waals surface area contributed by atoms with Crippen molar-refractivity contribution >= 4 is 34.2 Å². The summed E-state index contributed by atoms with van der Waals surface area (Å²) in [5.41, 5.74) is 0.883. The van der Waals surface area contributed by atoms with Gasteiger partial charge in [0.15, 0.2) is 0 Å². The van der Waals surface area contributed by atoms with Gasteiger partial charge in [-0.05, 0) is 43.7 Å². The SMILES string of the molecule is CSC1CCC(Nc2ccc3cc([N+](=O)[O-])ccc3n2)C1. The lowest BCUT2D eigenvalue weighted by molar-refractivity contribution is -0.384.